The van der Waals surface area contributed by atoms with Crippen LogP contribution in [0.4, 0.5) is 0 Å². The second-order valence-electron chi connectivity index (χ2n) is 2.13. The van der Waals surface area contributed by atoms with Gasteiger partial charge in [0.15, 0.2) is 0 Å². The maximum Gasteiger partial charge on any atom is 0.260 e. The van der Waals surface area contributed by atoms with Crippen LogP contribution in [0.2, 0.25) is 5.28 Å². The average molecular weight is 266 g/mol. The summed E-state index contributed by atoms with van der Waals surface area (Å²) in [5.74, 6) is 0. The van der Waals surface area contributed by atoms with Crippen molar-refractivity contribution in [3.05, 3.63) is 25.5 Å². The molecule has 0 amide bonds. The molecule has 0 radical (unpaired) electrons. The number of aromatic amines is 1. The van der Waals surface area contributed by atoms with Gasteiger partial charge in [0.05, 0.1) is 9.17 Å². The third-order valence-electron chi connectivity index (χ3n) is 1.34. The van der Waals surface area contributed by atoms with E-state index in [0.29, 0.717) is 10.2 Å². The molecule has 0 aliphatic heterocycles. The van der Waals surface area contributed by atoms with Gasteiger partial charge in [-0.2, -0.15) is 0 Å². The van der Waals surface area contributed by atoms with E-state index in [1.807, 2.05) is 0 Å². The molecule has 0 aliphatic rings. The molecule has 0 saturated carbocycles. The lowest BCUT2D eigenvalue weighted by atomic mass is 10.4. The summed E-state index contributed by atoms with van der Waals surface area (Å²) < 4.78 is 0.873. The second kappa shape index (κ2) is 2.83. The summed E-state index contributed by atoms with van der Waals surface area (Å²) in [5.41, 5.74) is -0.202. The van der Waals surface area contributed by atoms with Crippen molar-refractivity contribution >= 4 is 49.1 Å². The number of nitrogens with zero attached hydrogens (tertiary/aromatic N) is 1. The van der Waals surface area contributed by atoms with Gasteiger partial charge in [-0.15, -0.1) is 11.3 Å². The highest BCUT2D eigenvalue weighted by Gasteiger charge is 2.05. The Balaban J connectivity index is 2.98. The van der Waals surface area contributed by atoms with Crippen molar-refractivity contribution in [3.8, 4) is 0 Å². The van der Waals surface area contributed by atoms with Crippen LogP contribution in [0, 0.1) is 0 Å². The smallest absolute Gasteiger partial charge is 0.260 e. The molecule has 2 heterocycles. The Morgan fingerprint density at radius 3 is 3.17 bits per heavy atom. The Morgan fingerprint density at radius 1 is 1.67 bits per heavy atom. The summed E-state index contributed by atoms with van der Waals surface area (Å²) in [6.07, 6.45) is 0. The molecule has 62 valence electrons. The minimum atomic E-state index is -0.202. The molecule has 2 rings (SSSR count). The molecule has 2 aromatic rings. The first kappa shape index (κ1) is 8.22. The summed E-state index contributed by atoms with van der Waals surface area (Å²) in [7, 11) is 0. The van der Waals surface area contributed by atoms with Crippen LogP contribution < -0.4 is 5.56 Å². The number of fused-ring (bicyclic) bond motifs is 1. The van der Waals surface area contributed by atoms with Crippen molar-refractivity contribution in [2.24, 2.45) is 0 Å². The molecule has 0 aromatic carbocycles. The van der Waals surface area contributed by atoms with Gasteiger partial charge in [-0.05, 0) is 33.6 Å². The normalized spacial score (nSPS) is 10.8. The Kier molecular flexibility index (Phi) is 1.94. The van der Waals surface area contributed by atoms with Crippen LogP contribution in [-0.2, 0) is 0 Å². The highest BCUT2D eigenvalue weighted by atomic mass is 79.9. The van der Waals surface area contributed by atoms with Gasteiger partial charge in [0.2, 0.25) is 5.28 Å². The van der Waals surface area contributed by atoms with Crippen LogP contribution in [0.1, 0.15) is 0 Å². The van der Waals surface area contributed by atoms with Crippen LogP contribution in [0.25, 0.3) is 10.2 Å². The molecule has 1 N–H and O–H groups in total. The fourth-order valence-corrected chi connectivity index (χ4v) is 2.55. The van der Waals surface area contributed by atoms with E-state index in [1.165, 1.54) is 11.3 Å². The van der Waals surface area contributed by atoms with Crippen LogP contribution in [0.15, 0.2) is 14.6 Å². The SMILES string of the molecule is O=c1[nH]c(Cl)nc2sc(Br)cc12. The number of H-pyrrole nitrogens is 1. The maximum absolute atomic E-state index is 11.2. The van der Waals surface area contributed by atoms with E-state index in [-0.39, 0.29) is 10.8 Å². The first-order valence-electron chi connectivity index (χ1n) is 3.01. The lowest BCUT2D eigenvalue weighted by molar-refractivity contribution is 1.18. The highest BCUT2D eigenvalue weighted by molar-refractivity contribution is 9.11. The molecule has 0 fully saturated rings. The van der Waals surface area contributed by atoms with E-state index < -0.39 is 0 Å². The van der Waals surface area contributed by atoms with Crippen molar-refractivity contribution < 1.29 is 0 Å². The fraction of sp³-hybridized carbons (Fsp3) is 0. The van der Waals surface area contributed by atoms with Crippen molar-refractivity contribution in [2.75, 3.05) is 0 Å². The molecule has 2 aromatic heterocycles. The largest absolute Gasteiger partial charge is 0.297 e. The monoisotopic (exact) mass is 264 g/mol. The van der Waals surface area contributed by atoms with E-state index in [4.69, 9.17) is 11.6 Å². The summed E-state index contributed by atoms with van der Waals surface area (Å²) in [4.78, 5) is 18.2. The molecular weight excluding hydrogens is 264 g/mol. The Bertz CT molecular complexity index is 492. The molecule has 3 nitrogen and oxygen atoms in total. The number of rotatable bonds is 0. The number of nitrogens with one attached hydrogen (secondary N) is 1. The number of halogens is 2. The third-order valence-corrected chi connectivity index (χ3v) is 3.05. The van der Waals surface area contributed by atoms with Crippen LogP contribution >= 0.6 is 38.9 Å². The van der Waals surface area contributed by atoms with Gasteiger partial charge in [-0.25, -0.2) is 4.98 Å². The van der Waals surface area contributed by atoms with E-state index in [0.717, 1.165) is 3.79 Å². The molecule has 0 aliphatic carbocycles. The maximum atomic E-state index is 11.2. The highest BCUT2D eigenvalue weighted by Crippen LogP contribution is 2.26. The summed E-state index contributed by atoms with van der Waals surface area (Å²) >= 11 is 10.2. The molecule has 0 atom stereocenters. The summed E-state index contributed by atoms with van der Waals surface area (Å²) in [6, 6.07) is 1.72. The van der Waals surface area contributed by atoms with Gasteiger partial charge >= 0.3 is 0 Å². The Labute approximate surface area is 84.5 Å². The minimum absolute atomic E-state index is 0.127. The van der Waals surface area contributed by atoms with Gasteiger partial charge < -0.3 is 0 Å². The fourth-order valence-electron chi connectivity index (χ4n) is 0.876. The van der Waals surface area contributed by atoms with E-state index in [9.17, 15) is 4.79 Å². The molecular formula is C6H2BrClN2OS. The second-order valence-corrected chi connectivity index (χ2v) is 4.89. The van der Waals surface area contributed by atoms with Crippen LogP contribution in [0.3, 0.4) is 0 Å². The zero-order valence-electron chi connectivity index (χ0n) is 5.60. The van der Waals surface area contributed by atoms with E-state index in [2.05, 4.69) is 25.9 Å². The van der Waals surface area contributed by atoms with Crippen LogP contribution in [-0.4, -0.2) is 9.97 Å². The summed E-state index contributed by atoms with van der Waals surface area (Å²) in [6.45, 7) is 0. The molecule has 12 heavy (non-hydrogen) atoms. The van der Waals surface area contributed by atoms with Crippen molar-refractivity contribution in [3.63, 3.8) is 0 Å². The van der Waals surface area contributed by atoms with Crippen LogP contribution in [0.5, 0.6) is 0 Å². The quantitative estimate of drug-likeness (QED) is 0.744. The lowest BCUT2D eigenvalue weighted by Crippen LogP contribution is -2.05. The third kappa shape index (κ3) is 1.28. The van der Waals surface area contributed by atoms with E-state index in [1.54, 1.807) is 6.07 Å². The zero-order valence-corrected chi connectivity index (χ0v) is 8.76. The summed E-state index contributed by atoms with van der Waals surface area (Å²) in [5, 5.41) is 0.693. The zero-order chi connectivity index (χ0) is 8.72. The molecule has 0 bridgehead atoms. The van der Waals surface area contributed by atoms with Gasteiger partial charge in [0.25, 0.3) is 5.56 Å². The number of hydrogen-bond acceptors (Lipinski definition) is 3. The minimum Gasteiger partial charge on any atom is -0.297 e. The first-order valence-corrected chi connectivity index (χ1v) is 5.00. The van der Waals surface area contributed by atoms with Gasteiger partial charge in [0.1, 0.15) is 4.83 Å². The first-order chi connectivity index (χ1) is 5.66. The molecule has 0 spiro atoms. The topological polar surface area (TPSA) is 45.8 Å². The lowest BCUT2D eigenvalue weighted by Gasteiger charge is -1.87. The standard InChI is InChI=1S/C6H2BrClN2OS/c7-3-1-2-4(11)9-6(8)10-5(2)12-3/h1H,(H,9,10,11). The number of aromatic nitrogens is 2. The Hall–Kier alpha value is -0.390. The van der Waals surface area contributed by atoms with Gasteiger partial charge in [0, 0.05) is 0 Å². The molecule has 6 heteroatoms. The predicted octanol–water partition coefficient (Wildman–Crippen LogP) is 2.40. The van der Waals surface area contributed by atoms with Gasteiger partial charge in [-0.1, -0.05) is 0 Å². The number of hydrogen-bond donors (Lipinski definition) is 1. The van der Waals surface area contributed by atoms with Crippen molar-refractivity contribution in [1.29, 1.82) is 0 Å². The van der Waals surface area contributed by atoms with Gasteiger partial charge in [-0.3, -0.25) is 9.78 Å². The van der Waals surface area contributed by atoms with Crippen molar-refractivity contribution in [1.82, 2.24) is 9.97 Å². The predicted molar refractivity (Wildman–Crippen MR) is 53.0 cm³/mol. The van der Waals surface area contributed by atoms with Crippen molar-refractivity contribution in [2.45, 2.75) is 0 Å². The Morgan fingerprint density at radius 2 is 2.42 bits per heavy atom. The average Bonchev–Trinajstić information content (AvgIpc) is 2.29. The molecule has 0 unspecified atom stereocenters. The number of thiophene rings is 1. The van der Waals surface area contributed by atoms with E-state index >= 15 is 0 Å². The molecule has 0 saturated heterocycles.